The fraction of sp³-hybridized carbons (Fsp3) is 0.750. The van der Waals surface area contributed by atoms with Crippen molar-refractivity contribution in [2.45, 2.75) is 59.4 Å². The zero-order valence-corrected chi connectivity index (χ0v) is 14.5. The third-order valence-electron chi connectivity index (χ3n) is 4.41. The van der Waals surface area contributed by atoms with Gasteiger partial charge < -0.3 is 9.64 Å². The number of carbonyl (C=O) groups is 1. The number of carbonyl (C=O) groups excluding carboxylic acids is 1. The van der Waals surface area contributed by atoms with E-state index in [-0.39, 0.29) is 5.97 Å². The second kappa shape index (κ2) is 6.34. The molecule has 1 aliphatic rings. The van der Waals surface area contributed by atoms with Crippen LogP contribution in [-0.4, -0.2) is 30.6 Å². The Morgan fingerprint density at radius 3 is 2.62 bits per heavy atom. The van der Waals surface area contributed by atoms with Crippen LogP contribution < -0.4 is 4.90 Å². The third-order valence-corrected chi connectivity index (χ3v) is 5.47. The minimum atomic E-state index is -0.310. The van der Waals surface area contributed by atoms with Crippen molar-refractivity contribution in [1.82, 2.24) is 4.98 Å². The minimum Gasteiger partial charge on any atom is -0.461 e. The fourth-order valence-corrected chi connectivity index (χ4v) is 3.78. The van der Waals surface area contributed by atoms with E-state index >= 15 is 0 Å². The molecule has 4 nitrogen and oxygen atoms in total. The van der Waals surface area contributed by atoms with E-state index in [1.807, 2.05) is 13.8 Å². The summed E-state index contributed by atoms with van der Waals surface area (Å²) in [6.45, 7) is 8.82. The van der Waals surface area contributed by atoms with E-state index in [4.69, 9.17) is 4.74 Å². The summed E-state index contributed by atoms with van der Waals surface area (Å²) in [6, 6.07) is 0.527. The number of aryl methyl sites for hydroxylation is 1. The number of ether oxygens (including phenoxy) is 1. The van der Waals surface area contributed by atoms with Gasteiger partial charge in [-0.3, -0.25) is 0 Å². The van der Waals surface area contributed by atoms with Crippen LogP contribution in [0.15, 0.2) is 0 Å². The van der Waals surface area contributed by atoms with Gasteiger partial charge in [-0.2, -0.15) is 0 Å². The Hall–Kier alpha value is -1.10. The van der Waals surface area contributed by atoms with Gasteiger partial charge in [-0.05, 0) is 44.9 Å². The Morgan fingerprint density at radius 2 is 2.05 bits per heavy atom. The molecule has 0 bridgehead atoms. The topological polar surface area (TPSA) is 42.4 Å². The smallest absolute Gasteiger partial charge is 0.358 e. The number of aromatic nitrogens is 1. The Balaban J connectivity index is 2.08. The molecule has 1 fully saturated rings. The van der Waals surface area contributed by atoms with Gasteiger partial charge in [0.1, 0.15) is 0 Å². The number of anilines is 1. The van der Waals surface area contributed by atoms with E-state index < -0.39 is 0 Å². The average molecular weight is 310 g/mol. The van der Waals surface area contributed by atoms with Crippen molar-refractivity contribution in [3.05, 3.63) is 10.6 Å². The number of esters is 1. The second-order valence-corrected chi connectivity index (χ2v) is 7.81. The van der Waals surface area contributed by atoms with Crippen LogP contribution in [0, 0.1) is 12.3 Å². The van der Waals surface area contributed by atoms with E-state index in [0.717, 1.165) is 10.0 Å². The number of hydrogen-bond acceptors (Lipinski definition) is 5. The van der Waals surface area contributed by atoms with Crippen LogP contribution in [0.25, 0.3) is 0 Å². The number of hydrogen-bond donors (Lipinski definition) is 0. The molecule has 2 rings (SSSR count). The highest BCUT2D eigenvalue weighted by Gasteiger charge is 2.30. The highest BCUT2D eigenvalue weighted by Crippen LogP contribution is 2.38. The summed E-state index contributed by atoms with van der Waals surface area (Å²) in [7, 11) is 2.09. The molecule has 0 amide bonds. The molecule has 0 radical (unpaired) electrons. The van der Waals surface area contributed by atoms with Crippen molar-refractivity contribution >= 4 is 22.4 Å². The van der Waals surface area contributed by atoms with Crippen LogP contribution in [0.2, 0.25) is 0 Å². The lowest BCUT2D eigenvalue weighted by Gasteiger charge is -2.38. The van der Waals surface area contributed by atoms with E-state index in [2.05, 4.69) is 30.8 Å². The first-order valence-electron chi connectivity index (χ1n) is 7.71. The molecule has 0 aliphatic heterocycles. The molecule has 1 heterocycles. The van der Waals surface area contributed by atoms with Crippen molar-refractivity contribution in [2.75, 3.05) is 18.6 Å². The maximum atomic E-state index is 11.9. The van der Waals surface area contributed by atoms with Gasteiger partial charge in [-0.15, -0.1) is 11.3 Å². The lowest BCUT2D eigenvalue weighted by Crippen LogP contribution is -2.37. The lowest BCUT2D eigenvalue weighted by atomic mass is 9.75. The molecular weight excluding hydrogens is 284 g/mol. The molecule has 0 aromatic carbocycles. The van der Waals surface area contributed by atoms with Gasteiger partial charge in [0.15, 0.2) is 10.8 Å². The van der Waals surface area contributed by atoms with Gasteiger partial charge in [-0.1, -0.05) is 13.8 Å². The van der Waals surface area contributed by atoms with Crippen LogP contribution in [0.4, 0.5) is 5.13 Å². The normalized spacial score (nSPS) is 18.5. The maximum absolute atomic E-state index is 11.9. The van der Waals surface area contributed by atoms with Crippen molar-refractivity contribution in [1.29, 1.82) is 0 Å². The monoisotopic (exact) mass is 310 g/mol. The van der Waals surface area contributed by atoms with Crippen LogP contribution in [0.5, 0.6) is 0 Å². The van der Waals surface area contributed by atoms with Gasteiger partial charge in [-0.25, -0.2) is 9.78 Å². The molecule has 0 atom stereocenters. The Labute approximate surface area is 131 Å². The van der Waals surface area contributed by atoms with Crippen molar-refractivity contribution < 1.29 is 9.53 Å². The van der Waals surface area contributed by atoms with E-state index in [1.54, 1.807) is 11.3 Å². The number of nitrogens with zero attached hydrogens (tertiary/aromatic N) is 2. The average Bonchev–Trinajstić information content (AvgIpc) is 2.80. The van der Waals surface area contributed by atoms with Crippen LogP contribution in [0.3, 0.4) is 0 Å². The van der Waals surface area contributed by atoms with Gasteiger partial charge in [0.05, 0.1) is 6.61 Å². The molecule has 21 heavy (non-hydrogen) atoms. The molecule has 0 unspecified atom stereocenters. The maximum Gasteiger partial charge on any atom is 0.358 e. The Kier molecular flexibility index (Phi) is 4.91. The van der Waals surface area contributed by atoms with Crippen LogP contribution in [0.1, 0.15) is 61.8 Å². The van der Waals surface area contributed by atoms with Crippen molar-refractivity contribution in [2.24, 2.45) is 5.41 Å². The first-order valence-corrected chi connectivity index (χ1v) is 8.53. The van der Waals surface area contributed by atoms with Crippen LogP contribution >= 0.6 is 11.3 Å². The van der Waals surface area contributed by atoms with Gasteiger partial charge in [0.2, 0.25) is 0 Å². The number of rotatable bonds is 4. The zero-order chi connectivity index (χ0) is 15.6. The SMILES string of the molecule is CCOC(=O)c1nc(N(C)C2CCC(C)(C)CC2)sc1C. The quantitative estimate of drug-likeness (QED) is 0.787. The van der Waals surface area contributed by atoms with E-state index in [1.165, 1.54) is 25.7 Å². The van der Waals surface area contributed by atoms with Gasteiger partial charge in [0, 0.05) is 18.0 Å². The minimum absolute atomic E-state index is 0.310. The van der Waals surface area contributed by atoms with Crippen molar-refractivity contribution in [3.8, 4) is 0 Å². The first kappa shape index (κ1) is 16.3. The third kappa shape index (κ3) is 3.76. The highest BCUT2D eigenvalue weighted by atomic mass is 32.1. The van der Waals surface area contributed by atoms with Crippen LogP contribution in [-0.2, 0) is 4.74 Å². The largest absolute Gasteiger partial charge is 0.461 e. The molecule has 0 saturated heterocycles. The summed E-state index contributed by atoms with van der Waals surface area (Å²) in [6.07, 6.45) is 4.88. The molecule has 1 aliphatic carbocycles. The Morgan fingerprint density at radius 1 is 1.43 bits per heavy atom. The number of thiazole rings is 1. The standard InChI is InChI=1S/C16H26N2O2S/c1-6-20-14(19)13-11(2)21-15(17-13)18(5)12-7-9-16(3,4)10-8-12/h12H,6-10H2,1-5H3. The predicted octanol–water partition coefficient (Wildman–Crippen LogP) is 4.03. The molecule has 0 N–H and O–H groups in total. The molecule has 1 aromatic rings. The van der Waals surface area contributed by atoms with E-state index in [9.17, 15) is 4.79 Å². The molecule has 0 spiro atoms. The zero-order valence-electron chi connectivity index (χ0n) is 13.7. The summed E-state index contributed by atoms with van der Waals surface area (Å²) in [5.41, 5.74) is 0.937. The lowest BCUT2D eigenvalue weighted by molar-refractivity contribution is 0.0519. The summed E-state index contributed by atoms with van der Waals surface area (Å²) in [4.78, 5) is 19.6. The summed E-state index contributed by atoms with van der Waals surface area (Å²) < 4.78 is 5.06. The summed E-state index contributed by atoms with van der Waals surface area (Å²) >= 11 is 1.58. The second-order valence-electron chi connectivity index (χ2n) is 6.63. The van der Waals surface area contributed by atoms with Gasteiger partial charge >= 0.3 is 5.97 Å². The molecule has 118 valence electrons. The molecule has 5 heteroatoms. The molecular formula is C16H26N2O2S. The van der Waals surface area contributed by atoms with E-state index in [0.29, 0.717) is 23.8 Å². The highest BCUT2D eigenvalue weighted by molar-refractivity contribution is 7.15. The fourth-order valence-electron chi connectivity index (χ4n) is 2.85. The van der Waals surface area contributed by atoms with Gasteiger partial charge in [0.25, 0.3) is 0 Å². The molecule has 1 saturated carbocycles. The molecule has 1 aromatic heterocycles. The first-order chi connectivity index (χ1) is 9.84. The Bertz CT molecular complexity index is 500. The summed E-state index contributed by atoms with van der Waals surface area (Å²) in [5.74, 6) is -0.310. The van der Waals surface area contributed by atoms with Crippen molar-refractivity contribution in [3.63, 3.8) is 0 Å². The predicted molar refractivity (Wildman–Crippen MR) is 87.2 cm³/mol. The summed E-state index contributed by atoms with van der Waals surface area (Å²) in [5, 5.41) is 0.931.